The van der Waals surface area contributed by atoms with E-state index in [0.29, 0.717) is 11.8 Å². The normalized spacial score (nSPS) is 26.1. The molecule has 3 heterocycles. The largest absolute Gasteiger partial charge is 0.243 e. The fraction of sp³-hybridized carbons (Fsp3) is 0.273. The fourth-order valence-electron chi connectivity index (χ4n) is 2.16. The minimum absolute atomic E-state index is 0.512. The standard InChI is InChI=1S/C11H8N4S2/c1-3-16-10(12-1)8-6-5-7(6)9(15-14-8)11-13-2-4-17-11/h1-4,6-7H,5H2/t6-,7+. The van der Waals surface area contributed by atoms with Gasteiger partial charge in [-0.15, -0.1) is 22.7 Å². The van der Waals surface area contributed by atoms with Gasteiger partial charge in [0.1, 0.15) is 21.4 Å². The summed E-state index contributed by atoms with van der Waals surface area (Å²) in [5.74, 6) is 1.02. The van der Waals surface area contributed by atoms with E-state index in [4.69, 9.17) is 0 Å². The Morgan fingerprint density at radius 3 is 1.82 bits per heavy atom. The molecule has 2 aromatic rings. The van der Waals surface area contributed by atoms with Crippen molar-refractivity contribution in [3.05, 3.63) is 33.2 Å². The average Bonchev–Trinajstić information content (AvgIpc) is 2.84. The van der Waals surface area contributed by atoms with Crippen LogP contribution in [0.5, 0.6) is 0 Å². The molecule has 1 fully saturated rings. The topological polar surface area (TPSA) is 50.5 Å². The highest BCUT2D eigenvalue weighted by Gasteiger charge is 2.49. The quantitative estimate of drug-likeness (QED) is 0.832. The third-order valence-corrected chi connectivity index (χ3v) is 4.65. The van der Waals surface area contributed by atoms with Gasteiger partial charge in [0.15, 0.2) is 0 Å². The van der Waals surface area contributed by atoms with Gasteiger partial charge in [-0.1, -0.05) is 0 Å². The summed E-state index contributed by atoms with van der Waals surface area (Å²) in [6, 6.07) is 0. The van der Waals surface area contributed by atoms with Gasteiger partial charge in [0.25, 0.3) is 0 Å². The van der Waals surface area contributed by atoms with Gasteiger partial charge >= 0.3 is 0 Å². The molecular weight excluding hydrogens is 252 g/mol. The van der Waals surface area contributed by atoms with Crippen molar-refractivity contribution < 1.29 is 0 Å². The molecule has 0 bridgehead atoms. The van der Waals surface area contributed by atoms with E-state index in [-0.39, 0.29) is 0 Å². The molecule has 0 aromatic carbocycles. The molecule has 1 aliphatic heterocycles. The minimum atomic E-state index is 0.512. The van der Waals surface area contributed by atoms with Gasteiger partial charge < -0.3 is 0 Å². The Morgan fingerprint density at radius 2 is 1.41 bits per heavy atom. The van der Waals surface area contributed by atoms with Crippen molar-refractivity contribution in [2.45, 2.75) is 6.42 Å². The lowest BCUT2D eigenvalue weighted by atomic mass is 10.1. The molecule has 4 rings (SSSR count). The first kappa shape index (κ1) is 9.61. The summed E-state index contributed by atoms with van der Waals surface area (Å²) in [5, 5.41) is 14.7. The van der Waals surface area contributed by atoms with E-state index in [1.807, 2.05) is 23.2 Å². The zero-order valence-corrected chi connectivity index (χ0v) is 10.4. The fourth-order valence-corrected chi connectivity index (χ4v) is 3.53. The van der Waals surface area contributed by atoms with Gasteiger partial charge in [0.05, 0.1) is 0 Å². The second kappa shape index (κ2) is 3.54. The monoisotopic (exact) mass is 260 g/mol. The summed E-state index contributed by atoms with van der Waals surface area (Å²) in [6.07, 6.45) is 4.77. The zero-order valence-electron chi connectivity index (χ0n) is 8.78. The molecule has 0 spiro atoms. The van der Waals surface area contributed by atoms with Crippen LogP contribution in [0.1, 0.15) is 16.4 Å². The molecule has 0 radical (unpaired) electrons. The van der Waals surface area contributed by atoms with Crippen LogP contribution >= 0.6 is 22.7 Å². The van der Waals surface area contributed by atoms with E-state index in [1.165, 1.54) is 0 Å². The van der Waals surface area contributed by atoms with Crippen LogP contribution in [0.3, 0.4) is 0 Å². The molecular formula is C11H8N4S2. The molecule has 0 saturated heterocycles. The predicted octanol–water partition coefficient (Wildman–Crippen LogP) is 2.44. The van der Waals surface area contributed by atoms with Crippen LogP contribution in [0.25, 0.3) is 0 Å². The Bertz CT molecular complexity index is 543. The number of rotatable bonds is 2. The Kier molecular flexibility index (Phi) is 2.00. The van der Waals surface area contributed by atoms with Crippen LogP contribution in [0.2, 0.25) is 0 Å². The molecule has 84 valence electrons. The van der Waals surface area contributed by atoms with Crippen molar-refractivity contribution >= 4 is 34.1 Å². The highest BCUT2D eigenvalue weighted by atomic mass is 32.1. The second-order valence-corrected chi connectivity index (χ2v) is 5.88. The highest BCUT2D eigenvalue weighted by molar-refractivity contribution is 7.12. The van der Waals surface area contributed by atoms with Gasteiger partial charge in [0, 0.05) is 35.0 Å². The van der Waals surface area contributed by atoms with E-state index < -0.39 is 0 Å². The number of hydrogen-bond acceptors (Lipinski definition) is 6. The van der Waals surface area contributed by atoms with E-state index in [0.717, 1.165) is 27.9 Å². The Morgan fingerprint density at radius 1 is 0.882 bits per heavy atom. The maximum Gasteiger partial charge on any atom is 0.139 e. The second-order valence-electron chi connectivity index (χ2n) is 4.09. The maximum absolute atomic E-state index is 4.35. The first-order valence-corrected chi connectivity index (χ1v) is 7.14. The first-order chi connectivity index (χ1) is 8.43. The third-order valence-electron chi connectivity index (χ3n) is 3.06. The summed E-state index contributed by atoms with van der Waals surface area (Å²) >= 11 is 3.27. The Hall–Kier alpha value is -1.40. The van der Waals surface area contributed by atoms with Crippen molar-refractivity contribution in [3.63, 3.8) is 0 Å². The van der Waals surface area contributed by atoms with E-state index in [9.17, 15) is 0 Å². The summed E-state index contributed by atoms with van der Waals surface area (Å²) < 4.78 is 0. The molecule has 0 N–H and O–H groups in total. The Labute approximate surface area is 106 Å². The summed E-state index contributed by atoms with van der Waals surface area (Å²) in [6.45, 7) is 0. The van der Waals surface area contributed by atoms with Crippen molar-refractivity contribution in [3.8, 4) is 0 Å². The van der Waals surface area contributed by atoms with Gasteiger partial charge in [-0.2, -0.15) is 10.2 Å². The SMILES string of the molecule is c1csc(C2=NN=C(c3nccs3)[C@@H]3C[C@H]23)n1. The van der Waals surface area contributed by atoms with Crippen LogP contribution in [0, 0.1) is 11.8 Å². The molecule has 1 aliphatic carbocycles. The van der Waals surface area contributed by atoms with Gasteiger partial charge in [-0.05, 0) is 6.42 Å². The minimum Gasteiger partial charge on any atom is -0.243 e. The number of aromatic nitrogens is 2. The van der Waals surface area contributed by atoms with Crippen molar-refractivity contribution in [2.75, 3.05) is 0 Å². The predicted molar refractivity (Wildman–Crippen MR) is 68.9 cm³/mol. The average molecular weight is 260 g/mol. The van der Waals surface area contributed by atoms with Crippen LogP contribution in [0.15, 0.2) is 33.4 Å². The first-order valence-electron chi connectivity index (χ1n) is 5.38. The summed E-state index contributed by atoms with van der Waals surface area (Å²) in [4.78, 5) is 8.62. The van der Waals surface area contributed by atoms with Crippen molar-refractivity contribution in [1.82, 2.24) is 9.97 Å². The van der Waals surface area contributed by atoms with Crippen LogP contribution < -0.4 is 0 Å². The molecule has 6 heteroatoms. The molecule has 1 saturated carbocycles. The third kappa shape index (κ3) is 1.48. The summed E-state index contributed by atoms with van der Waals surface area (Å²) in [7, 11) is 0. The van der Waals surface area contributed by atoms with Gasteiger partial charge in [0.2, 0.25) is 0 Å². The van der Waals surface area contributed by atoms with Crippen molar-refractivity contribution in [1.29, 1.82) is 0 Å². The molecule has 2 aliphatic rings. The number of hydrogen-bond donors (Lipinski definition) is 0. The lowest BCUT2D eigenvalue weighted by molar-refractivity contribution is 0.993. The lowest BCUT2D eigenvalue weighted by Crippen LogP contribution is -2.15. The van der Waals surface area contributed by atoms with E-state index in [1.54, 1.807) is 22.7 Å². The molecule has 4 nitrogen and oxygen atoms in total. The van der Waals surface area contributed by atoms with E-state index >= 15 is 0 Å². The zero-order chi connectivity index (χ0) is 11.2. The highest BCUT2D eigenvalue weighted by Crippen LogP contribution is 2.46. The molecule has 17 heavy (non-hydrogen) atoms. The summed E-state index contributed by atoms with van der Waals surface area (Å²) in [5.41, 5.74) is 2.12. The van der Waals surface area contributed by atoms with Crippen LogP contribution in [-0.2, 0) is 0 Å². The smallest absolute Gasteiger partial charge is 0.139 e. The van der Waals surface area contributed by atoms with Crippen molar-refractivity contribution in [2.24, 2.45) is 22.0 Å². The van der Waals surface area contributed by atoms with Gasteiger partial charge in [-0.3, -0.25) is 0 Å². The number of fused-ring (bicyclic) bond motifs is 1. The maximum atomic E-state index is 4.35. The van der Waals surface area contributed by atoms with E-state index in [2.05, 4.69) is 20.2 Å². The lowest BCUT2D eigenvalue weighted by Gasteiger charge is -2.07. The molecule has 2 atom stereocenters. The van der Waals surface area contributed by atoms with Gasteiger partial charge in [-0.25, -0.2) is 9.97 Å². The number of thiazole rings is 2. The molecule has 0 amide bonds. The molecule has 0 unspecified atom stereocenters. The van der Waals surface area contributed by atoms with Crippen LogP contribution in [0.4, 0.5) is 0 Å². The number of nitrogens with zero attached hydrogens (tertiary/aromatic N) is 4. The van der Waals surface area contributed by atoms with Crippen LogP contribution in [-0.4, -0.2) is 21.4 Å². The Balaban J connectivity index is 1.75. The molecule has 2 aromatic heterocycles.